The van der Waals surface area contributed by atoms with Crippen LogP contribution in [-0.4, -0.2) is 37.8 Å². The van der Waals surface area contributed by atoms with Crippen molar-refractivity contribution < 1.29 is 4.42 Å². The Morgan fingerprint density at radius 1 is 1.12 bits per heavy atom. The van der Waals surface area contributed by atoms with Gasteiger partial charge in [0.15, 0.2) is 11.5 Å². The van der Waals surface area contributed by atoms with E-state index in [1.807, 2.05) is 28.8 Å². The Bertz CT molecular complexity index is 984. The number of rotatable bonds is 4. The van der Waals surface area contributed by atoms with Gasteiger partial charge in [-0.3, -0.25) is 4.90 Å². The third-order valence-corrected chi connectivity index (χ3v) is 5.70. The van der Waals surface area contributed by atoms with Crippen LogP contribution in [0.5, 0.6) is 0 Å². The number of fused-ring (bicyclic) bond motifs is 1. The minimum Gasteiger partial charge on any atom is -0.468 e. The molecule has 5 rings (SSSR count). The fraction of sp³-hybridized carbons (Fsp3) is 0.316. The highest BCUT2D eigenvalue weighted by atomic mass is 32.1. The smallest absolute Gasteiger partial charge is 0.177 e. The molecule has 0 aromatic carbocycles. The summed E-state index contributed by atoms with van der Waals surface area (Å²) in [6.45, 7) is 2.94. The van der Waals surface area contributed by atoms with Gasteiger partial charge in [-0.2, -0.15) is 21.0 Å². The molecule has 4 aromatic heterocycles. The molecule has 6 nitrogen and oxygen atoms in total. The lowest BCUT2D eigenvalue weighted by molar-refractivity contribution is 0.187. The van der Waals surface area contributed by atoms with Gasteiger partial charge in [-0.25, -0.2) is 0 Å². The standard InChI is InChI=1S/C19H19N5OS/c1-2-16(25-10-1)12-23-8-5-14(6-9-23)19-21-20-18-4-3-17(22-24(18)19)15-7-11-26-13-15/h1-4,7,10-11,13-14H,5-6,8-9,12H2. The summed E-state index contributed by atoms with van der Waals surface area (Å²) in [5.41, 5.74) is 2.93. The molecule has 1 fully saturated rings. The summed E-state index contributed by atoms with van der Waals surface area (Å²) in [5.74, 6) is 2.40. The fourth-order valence-corrected chi connectivity index (χ4v) is 4.25. The average Bonchev–Trinajstić information content (AvgIpc) is 3.43. The Hall–Kier alpha value is -2.51. The summed E-state index contributed by atoms with van der Waals surface area (Å²) >= 11 is 1.68. The summed E-state index contributed by atoms with van der Waals surface area (Å²) < 4.78 is 7.39. The van der Waals surface area contributed by atoms with Crippen molar-refractivity contribution in [3.05, 3.63) is 58.9 Å². The van der Waals surface area contributed by atoms with Gasteiger partial charge in [0.1, 0.15) is 5.76 Å². The van der Waals surface area contributed by atoms with Crippen LogP contribution in [0.3, 0.4) is 0 Å². The zero-order valence-corrected chi connectivity index (χ0v) is 15.1. The SMILES string of the molecule is c1coc(CN2CCC(c3nnc4ccc(-c5ccsc5)nn34)CC2)c1. The quantitative estimate of drug-likeness (QED) is 0.550. The van der Waals surface area contributed by atoms with Crippen molar-refractivity contribution in [2.75, 3.05) is 13.1 Å². The van der Waals surface area contributed by atoms with E-state index in [9.17, 15) is 0 Å². The third-order valence-electron chi connectivity index (χ3n) is 5.02. The molecule has 0 unspecified atom stereocenters. The van der Waals surface area contributed by atoms with Gasteiger partial charge in [-0.15, -0.1) is 10.2 Å². The molecular weight excluding hydrogens is 346 g/mol. The van der Waals surface area contributed by atoms with Crippen molar-refractivity contribution in [2.24, 2.45) is 0 Å². The maximum Gasteiger partial charge on any atom is 0.177 e. The highest BCUT2D eigenvalue weighted by molar-refractivity contribution is 7.08. The lowest BCUT2D eigenvalue weighted by Crippen LogP contribution is -2.33. The number of furan rings is 1. The van der Waals surface area contributed by atoms with Gasteiger partial charge >= 0.3 is 0 Å². The topological polar surface area (TPSA) is 59.5 Å². The second-order valence-corrected chi connectivity index (χ2v) is 7.47. The maximum absolute atomic E-state index is 5.46. The van der Waals surface area contributed by atoms with Crippen LogP contribution in [0.15, 0.2) is 51.8 Å². The fourth-order valence-electron chi connectivity index (χ4n) is 3.60. The summed E-state index contributed by atoms with van der Waals surface area (Å²) in [6.07, 6.45) is 3.86. The third kappa shape index (κ3) is 2.93. The highest BCUT2D eigenvalue weighted by Gasteiger charge is 2.25. The molecule has 0 bridgehead atoms. The predicted octanol–water partition coefficient (Wildman–Crippen LogP) is 3.83. The first-order valence-electron chi connectivity index (χ1n) is 8.86. The molecule has 1 aliphatic heterocycles. The molecule has 5 heterocycles. The van der Waals surface area contributed by atoms with Crippen molar-refractivity contribution >= 4 is 17.0 Å². The van der Waals surface area contributed by atoms with Gasteiger partial charge in [0.25, 0.3) is 0 Å². The van der Waals surface area contributed by atoms with E-state index in [0.717, 1.165) is 61.0 Å². The maximum atomic E-state index is 5.46. The van der Waals surface area contributed by atoms with Gasteiger partial charge in [0.05, 0.1) is 18.5 Å². The minimum absolute atomic E-state index is 0.392. The van der Waals surface area contributed by atoms with Crippen LogP contribution in [0.2, 0.25) is 0 Å². The first kappa shape index (κ1) is 15.7. The van der Waals surface area contributed by atoms with Crippen molar-refractivity contribution in [3.8, 4) is 11.3 Å². The van der Waals surface area contributed by atoms with Crippen molar-refractivity contribution in [3.63, 3.8) is 0 Å². The zero-order valence-electron chi connectivity index (χ0n) is 14.3. The first-order valence-corrected chi connectivity index (χ1v) is 9.81. The lowest BCUT2D eigenvalue weighted by Gasteiger charge is -2.30. The minimum atomic E-state index is 0.392. The van der Waals surface area contributed by atoms with E-state index < -0.39 is 0 Å². The zero-order chi connectivity index (χ0) is 17.3. The Morgan fingerprint density at radius 2 is 2.04 bits per heavy atom. The molecule has 0 spiro atoms. The average molecular weight is 365 g/mol. The molecule has 0 amide bonds. The largest absolute Gasteiger partial charge is 0.468 e. The Morgan fingerprint density at radius 3 is 2.81 bits per heavy atom. The summed E-state index contributed by atoms with van der Waals surface area (Å²) in [6, 6.07) is 10.1. The monoisotopic (exact) mass is 365 g/mol. The van der Waals surface area contributed by atoms with Crippen LogP contribution in [0.25, 0.3) is 16.9 Å². The van der Waals surface area contributed by atoms with Crippen LogP contribution in [0, 0.1) is 0 Å². The normalized spacial score (nSPS) is 16.5. The molecule has 7 heteroatoms. The van der Waals surface area contributed by atoms with Gasteiger partial charge in [-0.05, 0) is 61.6 Å². The second-order valence-electron chi connectivity index (χ2n) is 6.69. The highest BCUT2D eigenvalue weighted by Crippen LogP contribution is 2.28. The predicted molar refractivity (Wildman–Crippen MR) is 100 cm³/mol. The second kappa shape index (κ2) is 6.66. The number of hydrogen-bond donors (Lipinski definition) is 0. The molecule has 4 aromatic rings. The molecule has 0 atom stereocenters. The molecular formula is C19H19N5OS. The van der Waals surface area contributed by atoms with Crippen LogP contribution in [0.4, 0.5) is 0 Å². The Kier molecular flexibility index (Phi) is 4.03. The summed E-state index contributed by atoms with van der Waals surface area (Å²) in [7, 11) is 0. The van der Waals surface area contributed by atoms with E-state index in [0.29, 0.717) is 5.92 Å². The lowest BCUT2D eigenvalue weighted by atomic mass is 9.96. The van der Waals surface area contributed by atoms with Gasteiger partial charge in [0, 0.05) is 16.9 Å². The number of hydrogen-bond acceptors (Lipinski definition) is 6. The van der Waals surface area contributed by atoms with E-state index in [1.165, 1.54) is 0 Å². The molecule has 0 aliphatic carbocycles. The molecule has 26 heavy (non-hydrogen) atoms. The van der Waals surface area contributed by atoms with Crippen molar-refractivity contribution in [1.29, 1.82) is 0 Å². The number of likely N-dealkylation sites (tertiary alicyclic amines) is 1. The van der Waals surface area contributed by atoms with Crippen molar-refractivity contribution in [2.45, 2.75) is 25.3 Å². The number of thiophene rings is 1. The first-order chi connectivity index (χ1) is 12.9. The van der Waals surface area contributed by atoms with E-state index in [2.05, 4.69) is 31.9 Å². The van der Waals surface area contributed by atoms with Crippen LogP contribution >= 0.6 is 11.3 Å². The molecule has 0 N–H and O–H groups in total. The number of aromatic nitrogens is 4. The summed E-state index contributed by atoms with van der Waals surface area (Å²) in [5, 5.41) is 17.8. The van der Waals surface area contributed by atoms with E-state index in [4.69, 9.17) is 9.52 Å². The van der Waals surface area contributed by atoms with Gasteiger partial charge in [-0.1, -0.05) is 0 Å². The number of nitrogens with zero attached hydrogens (tertiary/aromatic N) is 5. The molecule has 0 saturated carbocycles. The van der Waals surface area contributed by atoms with E-state index in [-0.39, 0.29) is 0 Å². The van der Waals surface area contributed by atoms with Gasteiger partial charge in [0.2, 0.25) is 0 Å². The van der Waals surface area contributed by atoms with Crippen LogP contribution < -0.4 is 0 Å². The molecule has 1 aliphatic rings. The van der Waals surface area contributed by atoms with Crippen molar-refractivity contribution in [1.82, 2.24) is 24.7 Å². The number of piperidine rings is 1. The molecule has 0 radical (unpaired) electrons. The van der Waals surface area contributed by atoms with Crippen LogP contribution in [0.1, 0.15) is 30.3 Å². The Labute approximate surface area is 155 Å². The Balaban J connectivity index is 1.35. The van der Waals surface area contributed by atoms with Crippen LogP contribution in [-0.2, 0) is 6.54 Å². The summed E-state index contributed by atoms with van der Waals surface area (Å²) in [4.78, 5) is 2.43. The van der Waals surface area contributed by atoms with E-state index in [1.54, 1.807) is 17.6 Å². The van der Waals surface area contributed by atoms with Gasteiger partial charge < -0.3 is 4.42 Å². The molecule has 132 valence electrons. The molecule has 1 saturated heterocycles. The van der Waals surface area contributed by atoms with E-state index >= 15 is 0 Å².